The quantitative estimate of drug-likeness (QED) is 0.434. The van der Waals surface area contributed by atoms with Gasteiger partial charge in [0.1, 0.15) is 0 Å². The molecule has 0 unspecified atom stereocenters. The van der Waals surface area contributed by atoms with Crippen LogP contribution in [-0.4, -0.2) is 36.9 Å². The summed E-state index contributed by atoms with van der Waals surface area (Å²) in [6, 6.07) is 17.1. The van der Waals surface area contributed by atoms with Gasteiger partial charge in [-0.2, -0.15) is 0 Å². The molecule has 5 rings (SSSR count). The maximum absolute atomic E-state index is 13.6. The van der Waals surface area contributed by atoms with E-state index in [1.165, 1.54) is 0 Å². The van der Waals surface area contributed by atoms with Gasteiger partial charge in [0.15, 0.2) is 5.82 Å². The number of likely N-dealkylation sites (tertiary alicyclic amines) is 1. The summed E-state index contributed by atoms with van der Waals surface area (Å²) < 4.78 is 1.97. The number of imidazole rings is 1. The SMILES string of the molecule is O=C(c1ccccc1Cn1ccnc1)N1CCC[C@@H]1c1ccnc(-c2ccc(Cl)cc2)n1. The van der Waals surface area contributed by atoms with Crippen molar-refractivity contribution in [1.82, 2.24) is 24.4 Å². The van der Waals surface area contributed by atoms with Gasteiger partial charge in [0.25, 0.3) is 5.91 Å². The second-order valence-corrected chi connectivity index (χ2v) is 8.30. The molecule has 1 fully saturated rings. The van der Waals surface area contributed by atoms with Crippen molar-refractivity contribution in [1.29, 1.82) is 0 Å². The molecule has 2 aromatic heterocycles. The summed E-state index contributed by atoms with van der Waals surface area (Å²) in [5.74, 6) is 0.675. The molecule has 1 amide bonds. The summed E-state index contributed by atoms with van der Waals surface area (Å²) in [6.07, 6.45) is 9.00. The summed E-state index contributed by atoms with van der Waals surface area (Å²) in [5, 5.41) is 0.673. The van der Waals surface area contributed by atoms with Crippen LogP contribution in [-0.2, 0) is 6.54 Å². The van der Waals surface area contributed by atoms with E-state index < -0.39 is 0 Å². The Morgan fingerprint density at radius 2 is 1.91 bits per heavy atom. The van der Waals surface area contributed by atoms with E-state index in [4.69, 9.17) is 16.6 Å². The summed E-state index contributed by atoms with van der Waals surface area (Å²) >= 11 is 6.01. The molecule has 1 aliphatic rings. The molecule has 1 aliphatic heterocycles. The fourth-order valence-electron chi connectivity index (χ4n) is 4.21. The van der Waals surface area contributed by atoms with Gasteiger partial charge in [0.2, 0.25) is 0 Å². The topological polar surface area (TPSA) is 63.9 Å². The van der Waals surface area contributed by atoms with Crippen molar-refractivity contribution in [3.05, 3.63) is 101 Å². The zero-order chi connectivity index (χ0) is 21.9. The van der Waals surface area contributed by atoms with E-state index in [2.05, 4.69) is 9.97 Å². The van der Waals surface area contributed by atoms with Gasteiger partial charge in [0.05, 0.1) is 18.1 Å². The van der Waals surface area contributed by atoms with E-state index >= 15 is 0 Å². The van der Waals surface area contributed by atoms with E-state index in [9.17, 15) is 4.79 Å². The number of nitrogens with zero attached hydrogens (tertiary/aromatic N) is 5. The van der Waals surface area contributed by atoms with E-state index in [1.807, 2.05) is 70.3 Å². The van der Waals surface area contributed by atoms with Gasteiger partial charge < -0.3 is 9.47 Å². The number of rotatable bonds is 5. The minimum Gasteiger partial charge on any atom is -0.333 e. The fourth-order valence-corrected chi connectivity index (χ4v) is 4.34. The van der Waals surface area contributed by atoms with Crippen molar-refractivity contribution in [2.75, 3.05) is 6.54 Å². The maximum atomic E-state index is 13.6. The van der Waals surface area contributed by atoms with Crippen molar-refractivity contribution in [2.24, 2.45) is 0 Å². The van der Waals surface area contributed by atoms with Crippen molar-refractivity contribution in [3.63, 3.8) is 0 Å². The number of amides is 1. The number of benzene rings is 2. The highest BCUT2D eigenvalue weighted by molar-refractivity contribution is 6.30. The number of hydrogen-bond donors (Lipinski definition) is 0. The van der Waals surface area contributed by atoms with Crippen LogP contribution >= 0.6 is 11.6 Å². The fraction of sp³-hybridized carbons (Fsp3) is 0.200. The van der Waals surface area contributed by atoms with Crippen molar-refractivity contribution in [2.45, 2.75) is 25.4 Å². The lowest BCUT2D eigenvalue weighted by Gasteiger charge is -2.25. The van der Waals surface area contributed by atoms with Gasteiger partial charge in [0, 0.05) is 47.8 Å². The Morgan fingerprint density at radius 1 is 1.06 bits per heavy atom. The van der Waals surface area contributed by atoms with E-state index in [1.54, 1.807) is 18.7 Å². The molecule has 0 N–H and O–H groups in total. The van der Waals surface area contributed by atoms with Gasteiger partial charge in [-0.15, -0.1) is 0 Å². The second kappa shape index (κ2) is 8.93. The summed E-state index contributed by atoms with van der Waals surface area (Å²) in [7, 11) is 0. The molecule has 0 aliphatic carbocycles. The van der Waals surface area contributed by atoms with Crippen molar-refractivity contribution < 1.29 is 4.79 Å². The molecule has 0 saturated carbocycles. The van der Waals surface area contributed by atoms with Crippen molar-refractivity contribution >= 4 is 17.5 Å². The minimum atomic E-state index is -0.0714. The molecular weight excluding hydrogens is 422 g/mol. The number of carbonyl (C=O) groups is 1. The molecular formula is C25H22ClN5O. The lowest BCUT2D eigenvalue weighted by molar-refractivity contribution is 0.0731. The monoisotopic (exact) mass is 443 g/mol. The molecule has 3 heterocycles. The van der Waals surface area contributed by atoms with Gasteiger partial charge in [-0.05, 0) is 54.8 Å². The number of hydrogen-bond acceptors (Lipinski definition) is 4. The van der Waals surface area contributed by atoms with Crippen LogP contribution < -0.4 is 0 Å². The molecule has 7 heteroatoms. The third-order valence-corrected chi connectivity index (χ3v) is 6.05. The van der Waals surface area contributed by atoms with Crippen LogP contribution in [0.5, 0.6) is 0 Å². The van der Waals surface area contributed by atoms with Crippen molar-refractivity contribution in [3.8, 4) is 11.4 Å². The molecule has 32 heavy (non-hydrogen) atoms. The number of halogens is 1. The number of aromatic nitrogens is 4. The first kappa shape index (κ1) is 20.4. The Kier molecular flexibility index (Phi) is 5.69. The summed E-state index contributed by atoms with van der Waals surface area (Å²) in [5.41, 5.74) is 3.46. The zero-order valence-electron chi connectivity index (χ0n) is 17.4. The standard InChI is InChI=1S/C25H22ClN5O/c26-20-9-7-18(8-10-20)24-28-12-11-22(29-24)23-6-3-14-31(23)25(32)21-5-2-1-4-19(21)16-30-15-13-27-17-30/h1-2,4-5,7-13,15,17,23H,3,6,14,16H2/t23-/m1/s1. The van der Waals surface area contributed by atoms with Crippen LogP contribution in [0.15, 0.2) is 79.5 Å². The second-order valence-electron chi connectivity index (χ2n) is 7.86. The Bertz CT molecular complexity index is 1220. The Hall–Kier alpha value is -3.51. The highest BCUT2D eigenvalue weighted by Crippen LogP contribution is 2.33. The Labute approximate surface area is 191 Å². The van der Waals surface area contributed by atoms with Crippen LogP contribution in [0, 0.1) is 0 Å². The van der Waals surface area contributed by atoms with E-state index in [0.29, 0.717) is 23.9 Å². The third kappa shape index (κ3) is 4.14. The maximum Gasteiger partial charge on any atom is 0.254 e. The first-order chi connectivity index (χ1) is 15.7. The highest BCUT2D eigenvalue weighted by atomic mass is 35.5. The first-order valence-corrected chi connectivity index (χ1v) is 11.0. The Balaban J connectivity index is 1.43. The van der Waals surface area contributed by atoms with Crippen LogP contribution in [0.4, 0.5) is 0 Å². The van der Waals surface area contributed by atoms with Gasteiger partial charge in [-0.25, -0.2) is 15.0 Å². The first-order valence-electron chi connectivity index (χ1n) is 10.6. The molecule has 1 saturated heterocycles. The molecule has 4 aromatic rings. The minimum absolute atomic E-state index is 0.0369. The van der Waals surface area contributed by atoms with Crippen LogP contribution in [0.2, 0.25) is 5.02 Å². The third-order valence-electron chi connectivity index (χ3n) is 5.79. The van der Waals surface area contributed by atoms with Crippen LogP contribution in [0.25, 0.3) is 11.4 Å². The lowest BCUT2D eigenvalue weighted by atomic mass is 10.0. The molecule has 0 bridgehead atoms. The zero-order valence-corrected chi connectivity index (χ0v) is 18.2. The van der Waals surface area contributed by atoms with E-state index in [0.717, 1.165) is 35.2 Å². The molecule has 6 nitrogen and oxygen atoms in total. The molecule has 1 atom stereocenters. The predicted octanol–water partition coefficient (Wildman–Crippen LogP) is 5.02. The molecule has 0 radical (unpaired) electrons. The smallest absolute Gasteiger partial charge is 0.254 e. The highest BCUT2D eigenvalue weighted by Gasteiger charge is 2.32. The summed E-state index contributed by atoms with van der Waals surface area (Å²) in [6.45, 7) is 1.32. The van der Waals surface area contributed by atoms with Gasteiger partial charge in [-0.3, -0.25) is 4.79 Å². The van der Waals surface area contributed by atoms with Gasteiger partial charge >= 0.3 is 0 Å². The lowest BCUT2D eigenvalue weighted by Crippen LogP contribution is -2.32. The molecule has 160 valence electrons. The Morgan fingerprint density at radius 3 is 2.72 bits per heavy atom. The number of carbonyl (C=O) groups excluding carboxylic acids is 1. The summed E-state index contributed by atoms with van der Waals surface area (Å²) in [4.78, 5) is 28.9. The largest absolute Gasteiger partial charge is 0.333 e. The average molecular weight is 444 g/mol. The normalized spacial score (nSPS) is 15.8. The van der Waals surface area contributed by atoms with Crippen LogP contribution in [0.1, 0.15) is 40.5 Å². The van der Waals surface area contributed by atoms with Crippen LogP contribution in [0.3, 0.4) is 0 Å². The van der Waals surface area contributed by atoms with E-state index in [-0.39, 0.29) is 11.9 Å². The molecule has 2 aromatic carbocycles. The van der Waals surface area contributed by atoms with Gasteiger partial charge in [-0.1, -0.05) is 29.8 Å². The average Bonchev–Trinajstić information content (AvgIpc) is 3.52. The molecule has 0 spiro atoms. The predicted molar refractivity (Wildman–Crippen MR) is 123 cm³/mol.